The molecule has 1 fully saturated rings. The summed E-state index contributed by atoms with van der Waals surface area (Å²) in [5.74, 6) is 0.0240. The van der Waals surface area contributed by atoms with Gasteiger partial charge in [0, 0.05) is 32.0 Å². The Labute approximate surface area is 110 Å². The Morgan fingerprint density at radius 2 is 2.00 bits per heavy atom. The predicted octanol–water partition coefficient (Wildman–Crippen LogP) is 1.42. The van der Waals surface area contributed by atoms with Crippen molar-refractivity contribution in [3.05, 3.63) is 0 Å². The molecule has 0 radical (unpaired) electrons. The molecule has 1 aliphatic rings. The number of nitrogens with two attached hydrogens (primary N) is 1. The van der Waals surface area contributed by atoms with Gasteiger partial charge in [-0.25, -0.2) is 0 Å². The van der Waals surface area contributed by atoms with Gasteiger partial charge < -0.3 is 15.4 Å². The molecule has 5 heteroatoms. The molecule has 4 nitrogen and oxygen atoms in total. The quantitative estimate of drug-likeness (QED) is 0.836. The molecule has 1 amide bonds. The summed E-state index contributed by atoms with van der Waals surface area (Å²) in [5, 5.41) is 0. The summed E-state index contributed by atoms with van der Waals surface area (Å²) < 4.78 is 5.60. The molecular weight excluding hydrogens is 240 g/mol. The normalized spacial score (nSPS) is 30.1. The predicted molar refractivity (Wildman–Crippen MR) is 71.3 cm³/mol. The van der Waals surface area contributed by atoms with Crippen molar-refractivity contribution >= 4 is 18.3 Å². The molecule has 0 heterocycles. The summed E-state index contributed by atoms with van der Waals surface area (Å²) in [5.41, 5.74) is 5.20. The fourth-order valence-corrected chi connectivity index (χ4v) is 2.28. The van der Waals surface area contributed by atoms with Gasteiger partial charge >= 0.3 is 0 Å². The van der Waals surface area contributed by atoms with Gasteiger partial charge in [-0.2, -0.15) is 0 Å². The van der Waals surface area contributed by atoms with E-state index in [0.717, 1.165) is 0 Å². The molecule has 0 aromatic carbocycles. The van der Waals surface area contributed by atoms with E-state index < -0.39 is 5.54 Å². The van der Waals surface area contributed by atoms with Crippen molar-refractivity contribution in [1.29, 1.82) is 0 Å². The number of rotatable bonds is 4. The minimum absolute atomic E-state index is 0. The molecule has 2 atom stereocenters. The van der Waals surface area contributed by atoms with Crippen LogP contribution in [0.5, 0.6) is 0 Å². The lowest BCUT2D eigenvalue weighted by Crippen LogP contribution is -2.75. The zero-order valence-corrected chi connectivity index (χ0v) is 12.3. The first-order valence-electron chi connectivity index (χ1n) is 5.97. The standard InChI is InChI=1S/C12H24N2O2.ClH/c1-6-14(5)10(15)12(13)8-9(16-7-2)11(12,3)4;/h9H,6-8,13H2,1-5H3;1H. The highest BCUT2D eigenvalue weighted by Gasteiger charge is 2.63. The van der Waals surface area contributed by atoms with E-state index in [1.807, 2.05) is 27.7 Å². The minimum Gasteiger partial charge on any atom is -0.378 e. The first-order valence-corrected chi connectivity index (χ1v) is 5.97. The summed E-state index contributed by atoms with van der Waals surface area (Å²) in [7, 11) is 1.79. The Bertz CT molecular complexity index is 284. The zero-order chi connectivity index (χ0) is 12.6. The molecule has 0 aliphatic heterocycles. The van der Waals surface area contributed by atoms with Gasteiger partial charge in [-0.1, -0.05) is 13.8 Å². The van der Waals surface area contributed by atoms with Crippen LogP contribution in [0.15, 0.2) is 0 Å². The largest absolute Gasteiger partial charge is 0.378 e. The monoisotopic (exact) mass is 264 g/mol. The van der Waals surface area contributed by atoms with Crippen LogP contribution in [0.3, 0.4) is 0 Å². The average molecular weight is 265 g/mol. The van der Waals surface area contributed by atoms with Crippen LogP contribution in [0.1, 0.15) is 34.1 Å². The van der Waals surface area contributed by atoms with E-state index in [-0.39, 0.29) is 29.8 Å². The molecule has 2 unspecified atom stereocenters. The van der Waals surface area contributed by atoms with Crippen molar-refractivity contribution in [3.8, 4) is 0 Å². The Kier molecular flexibility index (Phi) is 5.44. The second-order valence-electron chi connectivity index (χ2n) is 5.16. The molecule has 1 aliphatic carbocycles. The highest BCUT2D eigenvalue weighted by Crippen LogP contribution is 2.50. The highest BCUT2D eigenvalue weighted by atomic mass is 35.5. The molecule has 102 valence electrons. The molecule has 0 aromatic rings. The molecule has 17 heavy (non-hydrogen) atoms. The minimum atomic E-state index is -0.766. The highest BCUT2D eigenvalue weighted by molar-refractivity contribution is 5.88. The summed E-state index contributed by atoms with van der Waals surface area (Å²) in [4.78, 5) is 13.9. The summed E-state index contributed by atoms with van der Waals surface area (Å²) >= 11 is 0. The number of amides is 1. The second-order valence-corrected chi connectivity index (χ2v) is 5.16. The number of ether oxygens (including phenoxy) is 1. The Balaban J connectivity index is 0.00000256. The van der Waals surface area contributed by atoms with Crippen LogP contribution in [0, 0.1) is 5.41 Å². The van der Waals surface area contributed by atoms with Crippen LogP contribution in [0.2, 0.25) is 0 Å². The van der Waals surface area contributed by atoms with E-state index in [0.29, 0.717) is 19.6 Å². The molecule has 2 N–H and O–H groups in total. The molecule has 1 saturated carbocycles. The van der Waals surface area contributed by atoms with Gasteiger partial charge in [-0.3, -0.25) is 4.79 Å². The van der Waals surface area contributed by atoms with E-state index in [4.69, 9.17) is 10.5 Å². The maximum absolute atomic E-state index is 12.2. The van der Waals surface area contributed by atoms with Crippen molar-refractivity contribution in [2.75, 3.05) is 20.2 Å². The van der Waals surface area contributed by atoms with Crippen molar-refractivity contribution < 1.29 is 9.53 Å². The van der Waals surface area contributed by atoms with Gasteiger partial charge in [0.2, 0.25) is 5.91 Å². The van der Waals surface area contributed by atoms with Gasteiger partial charge in [0.25, 0.3) is 0 Å². The van der Waals surface area contributed by atoms with Crippen LogP contribution in [0.25, 0.3) is 0 Å². The van der Waals surface area contributed by atoms with Gasteiger partial charge in [0.05, 0.1) is 6.10 Å². The molecule has 0 saturated heterocycles. The first kappa shape index (κ1) is 16.7. The third-order valence-corrected chi connectivity index (χ3v) is 4.03. The molecule has 1 rings (SSSR count). The number of halogens is 1. The summed E-state index contributed by atoms with van der Waals surface area (Å²) in [6.07, 6.45) is 0.716. The van der Waals surface area contributed by atoms with Crippen LogP contribution >= 0.6 is 12.4 Å². The van der Waals surface area contributed by atoms with Crippen LogP contribution in [-0.2, 0) is 9.53 Å². The fraction of sp³-hybridized carbons (Fsp3) is 0.917. The van der Waals surface area contributed by atoms with E-state index in [2.05, 4.69) is 0 Å². The van der Waals surface area contributed by atoms with E-state index in [1.54, 1.807) is 11.9 Å². The number of carbonyl (C=O) groups excluding carboxylic acids is 1. The lowest BCUT2D eigenvalue weighted by atomic mass is 9.54. The van der Waals surface area contributed by atoms with Crippen molar-refractivity contribution in [2.45, 2.75) is 45.8 Å². The zero-order valence-electron chi connectivity index (χ0n) is 11.4. The van der Waals surface area contributed by atoms with Gasteiger partial charge in [0.15, 0.2) is 0 Å². The van der Waals surface area contributed by atoms with E-state index >= 15 is 0 Å². The van der Waals surface area contributed by atoms with Crippen molar-refractivity contribution in [3.63, 3.8) is 0 Å². The van der Waals surface area contributed by atoms with Crippen molar-refractivity contribution in [1.82, 2.24) is 4.90 Å². The first-order chi connectivity index (χ1) is 7.31. The summed E-state index contributed by atoms with van der Waals surface area (Å²) in [6, 6.07) is 0. The maximum Gasteiger partial charge on any atom is 0.243 e. The number of nitrogens with zero attached hydrogens (tertiary/aromatic N) is 1. The lowest BCUT2D eigenvalue weighted by molar-refractivity contribution is -0.178. The maximum atomic E-state index is 12.2. The number of carbonyl (C=O) groups is 1. The van der Waals surface area contributed by atoms with E-state index in [1.165, 1.54) is 0 Å². The van der Waals surface area contributed by atoms with Crippen LogP contribution in [-0.4, -0.2) is 42.6 Å². The van der Waals surface area contributed by atoms with E-state index in [9.17, 15) is 4.79 Å². The van der Waals surface area contributed by atoms with Crippen molar-refractivity contribution in [2.24, 2.45) is 11.1 Å². The third-order valence-electron chi connectivity index (χ3n) is 4.03. The molecule has 0 aromatic heterocycles. The third kappa shape index (κ3) is 2.44. The molecule has 0 bridgehead atoms. The average Bonchev–Trinajstić information content (AvgIpc) is 2.26. The van der Waals surface area contributed by atoms with Gasteiger partial charge in [-0.05, 0) is 13.8 Å². The SMILES string of the molecule is CCOC1CC(N)(C(=O)N(C)CC)C1(C)C.Cl. The van der Waals surface area contributed by atoms with Crippen LogP contribution in [0.4, 0.5) is 0 Å². The smallest absolute Gasteiger partial charge is 0.243 e. The fourth-order valence-electron chi connectivity index (χ4n) is 2.28. The Morgan fingerprint density at radius 1 is 1.47 bits per heavy atom. The number of likely N-dealkylation sites (N-methyl/N-ethyl adjacent to an activating group) is 1. The summed E-state index contributed by atoms with van der Waals surface area (Å²) in [6.45, 7) is 9.30. The number of hydrogen-bond donors (Lipinski definition) is 1. The topological polar surface area (TPSA) is 55.6 Å². The Morgan fingerprint density at radius 3 is 2.35 bits per heavy atom. The molecular formula is C12H25ClN2O2. The van der Waals surface area contributed by atoms with Crippen LogP contribution < -0.4 is 5.73 Å². The Hall–Kier alpha value is -0.320. The number of hydrogen-bond acceptors (Lipinski definition) is 3. The second kappa shape index (κ2) is 5.55. The van der Waals surface area contributed by atoms with Gasteiger partial charge in [0.1, 0.15) is 5.54 Å². The lowest BCUT2D eigenvalue weighted by Gasteiger charge is -2.58. The molecule has 0 spiro atoms. The van der Waals surface area contributed by atoms with Gasteiger partial charge in [-0.15, -0.1) is 12.4 Å².